The number of nitrogens with zero attached hydrogens (tertiary/aromatic N) is 2. The zero-order valence-electron chi connectivity index (χ0n) is 21.3. The molecule has 1 N–H and O–H groups in total. The number of benzene rings is 2. The van der Waals surface area contributed by atoms with E-state index in [1.807, 2.05) is 6.07 Å². The Balaban J connectivity index is 1.55. The van der Waals surface area contributed by atoms with Gasteiger partial charge in [-0.25, -0.2) is 14.1 Å². The summed E-state index contributed by atoms with van der Waals surface area (Å²) in [6, 6.07) is 7.83. The summed E-state index contributed by atoms with van der Waals surface area (Å²) in [4.78, 5) is 40.4. The molecule has 0 aromatic heterocycles. The third-order valence-corrected chi connectivity index (χ3v) is 6.89. The Labute approximate surface area is 217 Å². The van der Waals surface area contributed by atoms with Gasteiger partial charge in [-0.15, -0.1) is 0 Å². The van der Waals surface area contributed by atoms with Crippen LogP contribution >= 0.6 is 0 Å². The summed E-state index contributed by atoms with van der Waals surface area (Å²) in [5.41, 5.74) is 0.829. The first-order chi connectivity index (χ1) is 17.8. The average Bonchev–Trinajstić information content (AvgIpc) is 3.33. The number of hydrogen-bond donors (Lipinski definition) is 1. The Morgan fingerprint density at radius 1 is 1.13 bits per heavy atom. The van der Waals surface area contributed by atoms with Crippen LogP contribution in [0, 0.1) is 11.7 Å². The topological polar surface area (TPSA) is 79.0 Å². The van der Waals surface area contributed by atoms with Crippen LogP contribution in [0.4, 0.5) is 28.0 Å². The molecule has 1 aliphatic heterocycles. The fourth-order valence-electron chi connectivity index (χ4n) is 4.72. The third-order valence-electron chi connectivity index (χ3n) is 6.89. The SMILES string of the molecule is CC(C)CNc1ccc2c(c1)CC[C@@]21OC(=O)N(CC(=O)N(Cc2ccc(F)cc2)[C@@H](C)C(F)(F)F)C1=O. The van der Waals surface area contributed by atoms with Crippen molar-refractivity contribution in [2.45, 2.75) is 58.0 Å². The van der Waals surface area contributed by atoms with Gasteiger partial charge in [-0.3, -0.25) is 9.59 Å². The minimum absolute atomic E-state index is 0.170. The molecule has 1 heterocycles. The predicted molar refractivity (Wildman–Crippen MR) is 130 cm³/mol. The van der Waals surface area contributed by atoms with E-state index in [2.05, 4.69) is 19.2 Å². The number of aryl methyl sites for hydroxylation is 1. The van der Waals surface area contributed by atoms with Gasteiger partial charge in [-0.1, -0.05) is 32.0 Å². The summed E-state index contributed by atoms with van der Waals surface area (Å²) in [7, 11) is 0. The smallest absolute Gasteiger partial charge is 0.418 e. The van der Waals surface area contributed by atoms with Crippen molar-refractivity contribution in [1.82, 2.24) is 9.80 Å². The summed E-state index contributed by atoms with van der Waals surface area (Å²) in [6.45, 7) is 4.29. The standard InChI is InChI=1S/C27H29F4N3O4/c1-16(2)13-32-21-8-9-22-19(12-21)10-11-26(22)24(36)34(25(37)38-26)15-23(35)33(17(3)27(29,30)31)14-18-4-6-20(28)7-5-18/h4-9,12,16-17,32H,10-11,13-15H2,1-3H3/t17-,26+/m0/s1. The molecule has 1 fully saturated rings. The van der Waals surface area contributed by atoms with Crippen LogP contribution in [0.1, 0.15) is 43.9 Å². The Hall–Kier alpha value is -3.63. The van der Waals surface area contributed by atoms with Crippen molar-refractivity contribution in [3.8, 4) is 0 Å². The molecular weight excluding hydrogens is 506 g/mol. The van der Waals surface area contributed by atoms with Crippen molar-refractivity contribution in [3.05, 3.63) is 65.0 Å². The molecule has 0 saturated carbocycles. The second-order valence-corrected chi connectivity index (χ2v) is 10.1. The lowest BCUT2D eigenvalue weighted by Crippen LogP contribution is -2.51. The quantitative estimate of drug-likeness (QED) is 0.482. The molecule has 11 heteroatoms. The summed E-state index contributed by atoms with van der Waals surface area (Å²) in [5.74, 6) is -2.03. The first-order valence-corrected chi connectivity index (χ1v) is 12.3. The van der Waals surface area contributed by atoms with Crippen LogP contribution in [-0.2, 0) is 32.9 Å². The van der Waals surface area contributed by atoms with Gasteiger partial charge in [0.1, 0.15) is 18.4 Å². The number of ether oxygens (including phenoxy) is 1. The maximum absolute atomic E-state index is 13.6. The summed E-state index contributed by atoms with van der Waals surface area (Å²) in [6.07, 6.45) is -5.23. The second kappa shape index (κ2) is 10.3. The van der Waals surface area contributed by atoms with Gasteiger partial charge in [0.05, 0.1) is 0 Å². The van der Waals surface area contributed by atoms with Crippen molar-refractivity contribution >= 4 is 23.6 Å². The normalized spacial score (nSPS) is 19.6. The minimum atomic E-state index is -4.77. The summed E-state index contributed by atoms with van der Waals surface area (Å²) < 4.78 is 59.6. The first-order valence-electron chi connectivity index (χ1n) is 12.3. The lowest BCUT2D eigenvalue weighted by atomic mass is 9.94. The number of amides is 3. The van der Waals surface area contributed by atoms with Gasteiger partial charge in [0, 0.05) is 30.8 Å². The van der Waals surface area contributed by atoms with Gasteiger partial charge in [0.15, 0.2) is 0 Å². The van der Waals surface area contributed by atoms with Gasteiger partial charge >= 0.3 is 12.3 Å². The third kappa shape index (κ3) is 5.32. The van der Waals surface area contributed by atoms with Crippen molar-refractivity contribution in [3.63, 3.8) is 0 Å². The number of nitrogens with one attached hydrogen (secondary N) is 1. The Morgan fingerprint density at radius 2 is 1.82 bits per heavy atom. The number of carbonyl (C=O) groups is 3. The highest BCUT2D eigenvalue weighted by atomic mass is 19.4. The highest BCUT2D eigenvalue weighted by Crippen LogP contribution is 2.46. The number of anilines is 1. The maximum Gasteiger partial charge on any atom is 0.418 e. The van der Waals surface area contributed by atoms with Gasteiger partial charge in [-0.05, 0) is 54.7 Å². The number of rotatable bonds is 8. The van der Waals surface area contributed by atoms with E-state index in [-0.39, 0.29) is 12.0 Å². The zero-order chi connectivity index (χ0) is 27.8. The summed E-state index contributed by atoms with van der Waals surface area (Å²) in [5, 5.41) is 3.30. The number of carbonyl (C=O) groups excluding carboxylic acids is 3. The fraction of sp³-hybridized carbons (Fsp3) is 0.444. The lowest BCUT2D eigenvalue weighted by Gasteiger charge is -2.31. The number of halogens is 4. The van der Waals surface area contributed by atoms with E-state index in [0.717, 1.165) is 36.9 Å². The highest BCUT2D eigenvalue weighted by molar-refractivity contribution is 6.06. The number of alkyl halides is 3. The predicted octanol–water partition coefficient (Wildman–Crippen LogP) is 4.99. The molecule has 3 amide bonds. The molecule has 0 bridgehead atoms. The number of hydrogen-bond acceptors (Lipinski definition) is 5. The van der Waals surface area contributed by atoms with Crippen molar-refractivity contribution in [2.24, 2.45) is 5.92 Å². The van der Waals surface area contributed by atoms with Crippen molar-refractivity contribution in [1.29, 1.82) is 0 Å². The molecule has 1 spiro atoms. The molecule has 204 valence electrons. The average molecular weight is 536 g/mol. The molecule has 2 aliphatic rings. The molecule has 2 atom stereocenters. The van der Waals surface area contributed by atoms with Crippen LogP contribution < -0.4 is 5.32 Å². The van der Waals surface area contributed by atoms with Crippen LogP contribution in [0.5, 0.6) is 0 Å². The molecule has 4 rings (SSSR count). The van der Waals surface area contributed by atoms with Crippen LogP contribution in [0.2, 0.25) is 0 Å². The second-order valence-electron chi connectivity index (χ2n) is 10.1. The van der Waals surface area contributed by atoms with Gasteiger partial charge in [-0.2, -0.15) is 13.2 Å². The number of imide groups is 1. The lowest BCUT2D eigenvalue weighted by molar-refractivity contribution is -0.187. The van der Waals surface area contributed by atoms with Crippen LogP contribution in [0.15, 0.2) is 42.5 Å². The van der Waals surface area contributed by atoms with Crippen LogP contribution in [-0.4, -0.2) is 53.0 Å². The maximum atomic E-state index is 13.6. The summed E-state index contributed by atoms with van der Waals surface area (Å²) >= 11 is 0. The molecular formula is C27H29F4N3O4. The largest absolute Gasteiger partial charge is 0.427 e. The molecule has 2 aromatic carbocycles. The van der Waals surface area contributed by atoms with Gasteiger partial charge in [0.2, 0.25) is 11.5 Å². The molecule has 2 aromatic rings. The van der Waals surface area contributed by atoms with E-state index >= 15 is 0 Å². The zero-order valence-corrected chi connectivity index (χ0v) is 21.3. The van der Waals surface area contributed by atoms with E-state index in [4.69, 9.17) is 4.74 Å². The van der Waals surface area contributed by atoms with E-state index in [1.54, 1.807) is 12.1 Å². The van der Waals surface area contributed by atoms with Crippen LogP contribution in [0.25, 0.3) is 0 Å². The van der Waals surface area contributed by atoms with E-state index in [9.17, 15) is 31.9 Å². The molecule has 0 unspecified atom stereocenters. The van der Waals surface area contributed by atoms with Crippen molar-refractivity contribution < 1.29 is 36.7 Å². The Bertz CT molecular complexity index is 1230. The fourth-order valence-corrected chi connectivity index (χ4v) is 4.72. The van der Waals surface area contributed by atoms with E-state index in [1.165, 1.54) is 12.1 Å². The highest BCUT2D eigenvalue weighted by Gasteiger charge is 2.58. The van der Waals surface area contributed by atoms with E-state index < -0.39 is 54.6 Å². The Morgan fingerprint density at radius 3 is 2.45 bits per heavy atom. The molecule has 1 aliphatic carbocycles. The monoisotopic (exact) mass is 535 g/mol. The van der Waals surface area contributed by atoms with Gasteiger partial charge < -0.3 is 15.0 Å². The minimum Gasteiger partial charge on any atom is -0.427 e. The van der Waals surface area contributed by atoms with Gasteiger partial charge in [0.25, 0.3) is 5.91 Å². The molecule has 0 radical (unpaired) electrons. The Kier molecular flexibility index (Phi) is 7.40. The molecule has 7 nitrogen and oxygen atoms in total. The molecule has 38 heavy (non-hydrogen) atoms. The first kappa shape index (κ1) is 27.4. The van der Waals surface area contributed by atoms with Crippen molar-refractivity contribution in [2.75, 3.05) is 18.4 Å². The molecule has 1 saturated heterocycles. The van der Waals surface area contributed by atoms with E-state index in [0.29, 0.717) is 27.7 Å². The number of fused-ring (bicyclic) bond motifs is 2. The van der Waals surface area contributed by atoms with Crippen LogP contribution in [0.3, 0.4) is 0 Å².